The van der Waals surface area contributed by atoms with Crippen LogP contribution in [0.2, 0.25) is 10.0 Å². The van der Waals surface area contributed by atoms with Gasteiger partial charge < -0.3 is 5.32 Å². The Morgan fingerprint density at radius 1 is 1.16 bits per heavy atom. The quantitative estimate of drug-likeness (QED) is 0.856. The first kappa shape index (κ1) is 13.8. The Hall–Kier alpha value is -1.58. The highest BCUT2D eigenvalue weighted by molar-refractivity contribution is 6.36. The minimum Gasteiger partial charge on any atom is -0.319 e. The fourth-order valence-corrected chi connectivity index (χ4v) is 1.96. The Balaban J connectivity index is 2.28. The van der Waals surface area contributed by atoms with Crippen LogP contribution in [-0.4, -0.2) is 5.91 Å². The molecule has 2 nitrogen and oxygen atoms in total. The minimum atomic E-state index is -0.504. The van der Waals surface area contributed by atoms with Gasteiger partial charge in [0.05, 0.1) is 16.3 Å². The van der Waals surface area contributed by atoms with Gasteiger partial charge in [0.15, 0.2) is 0 Å². The van der Waals surface area contributed by atoms with Crippen molar-refractivity contribution in [2.45, 2.75) is 6.92 Å². The summed E-state index contributed by atoms with van der Waals surface area (Å²) in [5.74, 6) is -0.998. The average molecular weight is 298 g/mol. The number of carbonyl (C=O) groups excluding carboxylic acids is 1. The summed E-state index contributed by atoms with van der Waals surface area (Å²) in [5, 5.41) is 3.11. The van der Waals surface area contributed by atoms with Crippen LogP contribution in [0.1, 0.15) is 15.9 Å². The van der Waals surface area contributed by atoms with Crippen LogP contribution >= 0.6 is 23.2 Å². The number of anilines is 1. The molecular formula is C14H10Cl2FNO. The lowest BCUT2D eigenvalue weighted by Crippen LogP contribution is -2.13. The number of rotatable bonds is 2. The normalized spacial score (nSPS) is 10.3. The topological polar surface area (TPSA) is 29.1 Å². The summed E-state index contributed by atoms with van der Waals surface area (Å²) in [6.45, 7) is 1.77. The smallest absolute Gasteiger partial charge is 0.257 e. The molecule has 0 aliphatic rings. The first-order valence-electron chi connectivity index (χ1n) is 5.50. The maximum absolute atomic E-state index is 13.6. The van der Waals surface area contributed by atoms with E-state index in [9.17, 15) is 9.18 Å². The van der Waals surface area contributed by atoms with E-state index >= 15 is 0 Å². The molecule has 0 bridgehead atoms. The van der Waals surface area contributed by atoms with Crippen molar-refractivity contribution in [1.29, 1.82) is 0 Å². The average Bonchev–Trinajstić information content (AvgIpc) is 2.35. The van der Waals surface area contributed by atoms with Crippen LogP contribution in [0, 0.1) is 12.7 Å². The number of halogens is 3. The molecule has 0 spiro atoms. The molecular weight excluding hydrogens is 288 g/mol. The van der Waals surface area contributed by atoms with Gasteiger partial charge in [-0.3, -0.25) is 4.79 Å². The molecule has 0 unspecified atom stereocenters. The molecule has 0 radical (unpaired) electrons. The van der Waals surface area contributed by atoms with Crippen molar-refractivity contribution in [2.75, 3.05) is 5.32 Å². The number of nitrogens with one attached hydrogen (secondary N) is 1. The van der Waals surface area contributed by atoms with E-state index in [0.29, 0.717) is 5.02 Å². The third kappa shape index (κ3) is 3.25. The first-order chi connectivity index (χ1) is 8.97. The molecule has 0 aliphatic carbocycles. The molecule has 0 aliphatic heterocycles. The van der Waals surface area contributed by atoms with Gasteiger partial charge in [0.2, 0.25) is 0 Å². The summed E-state index contributed by atoms with van der Waals surface area (Å²) in [6, 6.07) is 9.08. The van der Waals surface area contributed by atoms with Gasteiger partial charge in [-0.1, -0.05) is 29.3 Å². The zero-order chi connectivity index (χ0) is 14.0. The van der Waals surface area contributed by atoms with Crippen LogP contribution in [0.15, 0.2) is 36.4 Å². The second-order valence-electron chi connectivity index (χ2n) is 4.06. The van der Waals surface area contributed by atoms with Gasteiger partial charge in [-0.25, -0.2) is 4.39 Å². The van der Waals surface area contributed by atoms with Crippen LogP contribution in [0.5, 0.6) is 0 Å². The zero-order valence-corrected chi connectivity index (χ0v) is 11.5. The summed E-state index contributed by atoms with van der Waals surface area (Å²) in [4.78, 5) is 12.0. The summed E-state index contributed by atoms with van der Waals surface area (Å²) in [7, 11) is 0. The van der Waals surface area contributed by atoms with Gasteiger partial charge in [0, 0.05) is 5.02 Å². The number of hydrogen-bond acceptors (Lipinski definition) is 1. The van der Waals surface area contributed by atoms with E-state index in [0.717, 1.165) is 5.56 Å². The maximum Gasteiger partial charge on any atom is 0.257 e. The fourth-order valence-electron chi connectivity index (χ4n) is 1.58. The summed E-state index contributed by atoms with van der Waals surface area (Å²) in [6.07, 6.45) is 0. The molecule has 2 aromatic carbocycles. The van der Waals surface area contributed by atoms with Crippen LogP contribution in [0.3, 0.4) is 0 Å². The number of amides is 1. The van der Waals surface area contributed by atoms with Crippen LogP contribution in [-0.2, 0) is 0 Å². The molecule has 98 valence electrons. The maximum atomic E-state index is 13.6. The second kappa shape index (κ2) is 5.59. The number of aryl methyl sites for hydroxylation is 1. The molecule has 0 aromatic heterocycles. The highest BCUT2D eigenvalue weighted by Gasteiger charge is 2.13. The lowest BCUT2D eigenvalue weighted by Gasteiger charge is -2.08. The molecule has 2 aromatic rings. The van der Waals surface area contributed by atoms with E-state index in [4.69, 9.17) is 23.2 Å². The second-order valence-corrected chi connectivity index (χ2v) is 4.91. The molecule has 5 heteroatoms. The molecule has 0 fully saturated rings. The van der Waals surface area contributed by atoms with Crippen molar-refractivity contribution in [1.82, 2.24) is 0 Å². The zero-order valence-electron chi connectivity index (χ0n) is 10.0. The SMILES string of the molecule is Cc1ccc(NC(=O)c2cc(Cl)ccc2Cl)c(F)c1. The summed E-state index contributed by atoms with van der Waals surface area (Å²) < 4.78 is 13.6. The predicted molar refractivity (Wildman–Crippen MR) is 75.6 cm³/mol. The van der Waals surface area contributed by atoms with Gasteiger partial charge in [0.25, 0.3) is 5.91 Å². The van der Waals surface area contributed by atoms with Crippen molar-refractivity contribution >= 4 is 34.8 Å². The summed E-state index contributed by atoms with van der Waals surface area (Å²) in [5.41, 5.74) is 1.08. The molecule has 19 heavy (non-hydrogen) atoms. The lowest BCUT2D eigenvalue weighted by molar-refractivity contribution is 0.102. The first-order valence-corrected chi connectivity index (χ1v) is 6.25. The van der Waals surface area contributed by atoms with Crippen molar-refractivity contribution in [3.8, 4) is 0 Å². The molecule has 0 saturated carbocycles. The van der Waals surface area contributed by atoms with Gasteiger partial charge >= 0.3 is 0 Å². The van der Waals surface area contributed by atoms with Gasteiger partial charge in [-0.2, -0.15) is 0 Å². The van der Waals surface area contributed by atoms with Gasteiger partial charge in [0.1, 0.15) is 5.82 Å². The number of benzene rings is 2. The number of carbonyl (C=O) groups is 1. The van der Waals surface area contributed by atoms with Crippen molar-refractivity contribution in [3.05, 3.63) is 63.4 Å². The van der Waals surface area contributed by atoms with Gasteiger partial charge in [-0.05, 0) is 42.8 Å². The Labute approximate surface area is 120 Å². The fraction of sp³-hybridized carbons (Fsp3) is 0.0714. The molecule has 1 amide bonds. The van der Waals surface area contributed by atoms with E-state index in [1.54, 1.807) is 19.1 Å². The van der Waals surface area contributed by atoms with Gasteiger partial charge in [-0.15, -0.1) is 0 Å². The van der Waals surface area contributed by atoms with E-state index in [1.165, 1.54) is 24.3 Å². The molecule has 0 saturated heterocycles. The Bertz CT molecular complexity index is 643. The van der Waals surface area contributed by atoms with Crippen molar-refractivity contribution in [2.24, 2.45) is 0 Å². The van der Waals surface area contributed by atoms with Crippen LogP contribution < -0.4 is 5.32 Å². The largest absolute Gasteiger partial charge is 0.319 e. The lowest BCUT2D eigenvalue weighted by atomic mass is 10.2. The third-order valence-corrected chi connectivity index (χ3v) is 3.11. The minimum absolute atomic E-state index is 0.103. The number of hydrogen-bond donors (Lipinski definition) is 1. The third-order valence-electron chi connectivity index (χ3n) is 2.55. The van der Waals surface area contributed by atoms with E-state index in [-0.39, 0.29) is 16.3 Å². The summed E-state index contributed by atoms with van der Waals surface area (Å²) >= 11 is 11.7. The van der Waals surface area contributed by atoms with Crippen molar-refractivity contribution < 1.29 is 9.18 Å². The van der Waals surface area contributed by atoms with E-state index in [1.807, 2.05) is 0 Å². The molecule has 0 heterocycles. The Morgan fingerprint density at radius 2 is 1.89 bits per heavy atom. The van der Waals surface area contributed by atoms with E-state index < -0.39 is 11.7 Å². The molecule has 0 atom stereocenters. The van der Waals surface area contributed by atoms with Crippen LogP contribution in [0.4, 0.5) is 10.1 Å². The Kier molecular flexibility index (Phi) is 4.08. The monoisotopic (exact) mass is 297 g/mol. The Morgan fingerprint density at radius 3 is 2.58 bits per heavy atom. The molecule has 1 N–H and O–H groups in total. The van der Waals surface area contributed by atoms with E-state index in [2.05, 4.69) is 5.32 Å². The standard InChI is InChI=1S/C14H10Cl2FNO/c1-8-2-5-13(12(17)6-8)18-14(19)10-7-9(15)3-4-11(10)16/h2-7H,1H3,(H,18,19). The van der Waals surface area contributed by atoms with Crippen molar-refractivity contribution in [3.63, 3.8) is 0 Å². The predicted octanol–water partition coefficient (Wildman–Crippen LogP) is 4.69. The van der Waals surface area contributed by atoms with Crippen LogP contribution in [0.25, 0.3) is 0 Å². The highest BCUT2D eigenvalue weighted by Crippen LogP contribution is 2.23. The highest BCUT2D eigenvalue weighted by atomic mass is 35.5. The molecule has 2 rings (SSSR count).